The molecule has 206 valence electrons. The molecule has 0 fully saturated rings. The summed E-state index contributed by atoms with van der Waals surface area (Å²) in [6.45, 7) is 4.01. The van der Waals surface area contributed by atoms with Gasteiger partial charge in [-0.15, -0.1) is 0 Å². The fourth-order valence-corrected chi connectivity index (χ4v) is 5.05. The molecule has 0 spiro atoms. The number of hydrogen-bond donors (Lipinski definition) is 1. The van der Waals surface area contributed by atoms with Gasteiger partial charge in [0.2, 0.25) is 5.78 Å². The average Bonchev–Trinajstić information content (AvgIpc) is 3.47. The summed E-state index contributed by atoms with van der Waals surface area (Å²) >= 11 is 6.20. The van der Waals surface area contributed by atoms with E-state index in [-0.39, 0.29) is 24.0 Å². The summed E-state index contributed by atoms with van der Waals surface area (Å²) in [5, 5.41) is 12.0. The third kappa shape index (κ3) is 5.10. The monoisotopic (exact) mass is 561 g/mol. The van der Waals surface area contributed by atoms with Gasteiger partial charge in [-0.05, 0) is 61.4 Å². The standard InChI is InChI=1S/C31H28ClNO7/c1-17(2)39-22-10-8-18(9-11-22)16-33-27(19-6-5-7-23(13-19)37-3)26(29(35)31(33)36)28(34)24-14-20-12-21(32)15-25(38-4)30(20)40-24/h5-15,17,27,35H,16H2,1-4H3. The Balaban J connectivity index is 1.56. The second-order valence-corrected chi connectivity index (χ2v) is 10.1. The number of benzene rings is 3. The van der Waals surface area contributed by atoms with Gasteiger partial charge in [0.1, 0.15) is 11.5 Å². The van der Waals surface area contributed by atoms with Crippen LogP contribution < -0.4 is 14.2 Å². The number of aliphatic hydroxyl groups excluding tert-OH is 1. The Hall–Kier alpha value is -4.43. The largest absolute Gasteiger partial charge is 0.503 e. The van der Waals surface area contributed by atoms with Gasteiger partial charge in [0.25, 0.3) is 5.91 Å². The fraction of sp³-hybridized carbons (Fsp3) is 0.226. The van der Waals surface area contributed by atoms with E-state index in [9.17, 15) is 14.7 Å². The number of halogens is 1. The van der Waals surface area contributed by atoms with Crippen molar-refractivity contribution in [2.45, 2.75) is 32.5 Å². The minimum absolute atomic E-state index is 0.0208. The smallest absolute Gasteiger partial charge is 0.290 e. The maximum absolute atomic E-state index is 13.9. The molecule has 1 N–H and O–H groups in total. The summed E-state index contributed by atoms with van der Waals surface area (Å²) in [6.07, 6.45) is 0.0208. The maximum atomic E-state index is 13.9. The van der Waals surface area contributed by atoms with Crippen LogP contribution in [0.1, 0.15) is 41.6 Å². The number of amides is 1. The van der Waals surface area contributed by atoms with Gasteiger partial charge in [-0.1, -0.05) is 35.9 Å². The average molecular weight is 562 g/mol. The van der Waals surface area contributed by atoms with Gasteiger partial charge >= 0.3 is 0 Å². The molecule has 8 nitrogen and oxygen atoms in total. The van der Waals surface area contributed by atoms with E-state index in [1.807, 2.05) is 38.1 Å². The van der Waals surface area contributed by atoms with Crippen LogP contribution in [0.5, 0.6) is 17.2 Å². The van der Waals surface area contributed by atoms with E-state index in [0.29, 0.717) is 38.8 Å². The number of Topliss-reactive ketones (excluding diaryl/α,β-unsaturated/α-hetero) is 1. The van der Waals surface area contributed by atoms with Crippen LogP contribution in [0.15, 0.2) is 82.5 Å². The molecular weight excluding hydrogens is 534 g/mol. The summed E-state index contributed by atoms with van der Waals surface area (Å²) in [5.74, 6) is -0.392. The molecule has 2 heterocycles. The normalized spacial score (nSPS) is 15.3. The van der Waals surface area contributed by atoms with Crippen molar-refractivity contribution in [1.82, 2.24) is 4.90 Å². The summed E-state index contributed by atoms with van der Waals surface area (Å²) in [5.41, 5.74) is 1.62. The Kier molecular flexibility index (Phi) is 7.45. The van der Waals surface area contributed by atoms with Crippen LogP contribution in [0.3, 0.4) is 0 Å². The quantitative estimate of drug-likeness (QED) is 0.228. The van der Waals surface area contributed by atoms with Crippen molar-refractivity contribution in [1.29, 1.82) is 0 Å². The van der Waals surface area contributed by atoms with Crippen LogP contribution in [0.2, 0.25) is 5.02 Å². The van der Waals surface area contributed by atoms with Gasteiger partial charge in [0.05, 0.1) is 31.9 Å². The molecule has 0 saturated carbocycles. The highest BCUT2D eigenvalue weighted by atomic mass is 35.5. The van der Waals surface area contributed by atoms with Gasteiger partial charge in [-0.2, -0.15) is 0 Å². The molecule has 1 aromatic heterocycles. The lowest BCUT2D eigenvalue weighted by molar-refractivity contribution is -0.130. The third-order valence-electron chi connectivity index (χ3n) is 6.60. The summed E-state index contributed by atoms with van der Waals surface area (Å²) < 4.78 is 22.4. The lowest BCUT2D eigenvalue weighted by atomic mass is 9.94. The van der Waals surface area contributed by atoms with E-state index in [1.165, 1.54) is 25.2 Å². The molecule has 1 aliphatic heterocycles. The lowest BCUT2D eigenvalue weighted by Gasteiger charge is -2.27. The number of fused-ring (bicyclic) bond motifs is 1. The van der Waals surface area contributed by atoms with Crippen molar-refractivity contribution in [3.63, 3.8) is 0 Å². The van der Waals surface area contributed by atoms with Crippen molar-refractivity contribution in [2.24, 2.45) is 0 Å². The number of ketones is 1. The van der Waals surface area contributed by atoms with E-state index < -0.39 is 23.5 Å². The Bertz CT molecular complexity index is 1620. The number of carbonyl (C=O) groups excluding carboxylic acids is 2. The van der Waals surface area contributed by atoms with E-state index >= 15 is 0 Å². The van der Waals surface area contributed by atoms with Crippen LogP contribution in [-0.2, 0) is 11.3 Å². The minimum Gasteiger partial charge on any atom is -0.503 e. The Morgan fingerprint density at radius 2 is 1.77 bits per heavy atom. The van der Waals surface area contributed by atoms with Crippen LogP contribution in [-0.4, -0.2) is 42.0 Å². The van der Waals surface area contributed by atoms with Crippen molar-refractivity contribution in [3.05, 3.63) is 100.0 Å². The second kappa shape index (κ2) is 11.0. The lowest BCUT2D eigenvalue weighted by Crippen LogP contribution is -2.30. The zero-order valence-electron chi connectivity index (χ0n) is 22.4. The van der Waals surface area contributed by atoms with Gasteiger partial charge < -0.3 is 28.6 Å². The highest BCUT2D eigenvalue weighted by Crippen LogP contribution is 2.42. The third-order valence-corrected chi connectivity index (χ3v) is 6.81. The van der Waals surface area contributed by atoms with E-state index in [2.05, 4.69) is 0 Å². The van der Waals surface area contributed by atoms with Crippen LogP contribution in [0, 0.1) is 0 Å². The maximum Gasteiger partial charge on any atom is 0.290 e. The first kappa shape index (κ1) is 27.1. The number of nitrogens with zero attached hydrogens (tertiary/aromatic N) is 1. The first-order valence-electron chi connectivity index (χ1n) is 12.7. The zero-order chi connectivity index (χ0) is 28.6. The van der Waals surface area contributed by atoms with Crippen LogP contribution >= 0.6 is 11.6 Å². The van der Waals surface area contributed by atoms with Crippen LogP contribution in [0.25, 0.3) is 11.0 Å². The first-order chi connectivity index (χ1) is 19.2. The Morgan fingerprint density at radius 3 is 2.45 bits per heavy atom. The number of aliphatic hydroxyl groups is 1. The van der Waals surface area contributed by atoms with Crippen molar-refractivity contribution in [3.8, 4) is 17.2 Å². The highest BCUT2D eigenvalue weighted by Gasteiger charge is 2.44. The van der Waals surface area contributed by atoms with Crippen molar-refractivity contribution in [2.75, 3.05) is 14.2 Å². The molecule has 0 aliphatic carbocycles. The van der Waals surface area contributed by atoms with Crippen molar-refractivity contribution < 1.29 is 33.3 Å². The molecule has 1 aliphatic rings. The molecule has 40 heavy (non-hydrogen) atoms. The number of ether oxygens (including phenoxy) is 3. The van der Waals surface area contributed by atoms with Gasteiger partial charge in [-0.3, -0.25) is 9.59 Å². The summed E-state index contributed by atoms with van der Waals surface area (Å²) in [6, 6.07) is 18.2. The van der Waals surface area contributed by atoms with Gasteiger partial charge in [-0.25, -0.2) is 0 Å². The predicted octanol–water partition coefficient (Wildman–Crippen LogP) is 6.67. The topological polar surface area (TPSA) is 98.4 Å². The van der Waals surface area contributed by atoms with Crippen LogP contribution in [0.4, 0.5) is 0 Å². The zero-order valence-corrected chi connectivity index (χ0v) is 23.2. The number of methoxy groups -OCH3 is 2. The molecule has 1 atom stereocenters. The molecule has 1 amide bonds. The summed E-state index contributed by atoms with van der Waals surface area (Å²) in [7, 11) is 3.00. The van der Waals surface area contributed by atoms with E-state index in [1.54, 1.807) is 36.4 Å². The highest BCUT2D eigenvalue weighted by molar-refractivity contribution is 6.31. The number of rotatable bonds is 9. The molecule has 5 rings (SSSR count). The Labute approximate surface area is 236 Å². The predicted molar refractivity (Wildman–Crippen MR) is 150 cm³/mol. The van der Waals surface area contributed by atoms with Gasteiger partial charge in [0, 0.05) is 23.0 Å². The summed E-state index contributed by atoms with van der Waals surface area (Å²) in [4.78, 5) is 28.8. The minimum atomic E-state index is -0.902. The number of furan rings is 1. The van der Waals surface area contributed by atoms with Crippen molar-refractivity contribution >= 4 is 34.3 Å². The molecule has 0 saturated heterocycles. The number of carbonyl (C=O) groups is 2. The molecule has 3 aromatic carbocycles. The second-order valence-electron chi connectivity index (χ2n) is 9.65. The van der Waals surface area contributed by atoms with E-state index in [4.69, 9.17) is 30.2 Å². The van der Waals surface area contributed by atoms with E-state index in [0.717, 1.165) is 5.56 Å². The molecule has 1 unspecified atom stereocenters. The molecule has 4 aromatic rings. The Morgan fingerprint density at radius 1 is 1.02 bits per heavy atom. The van der Waals surface area contributed by atoms with Gasteiger partial charge in [0.15, 0.2) is 22.9 Å². The molecule has 0 bridgehead atoms. The molecule has 9 heteroatoms. The molecular formula is C31H28ClNO7. The molecule has 0 radical (unpaired) electrons. The number of hydrogen-bond acceptors (Lipinski definition) is 7. The SMILES string of the molecule is COc1cccc(C2C(C(=O)c3cc4cc(Cl)cc(OC)c4o3)=C(O)C(=O)N2Cc2ccc(OC(C)C)cc2)c1. The fourth-order valence-electron chi connectivity index (χ4n) is 4.83. The first-order valence-corrected chi connectivity index (χ1v) is 13.0.